The molecule has 0 saturated heterocycles. The summed E-state index contributed by atoms with van der Waals surface area (Å²) in [5, 5.41) is 4.48. The van der Waals surface area contributed by atoms with E-state index in [9.17, 15) is 0 Å². The summed E-state index contributed by atoms with van der Waals surface area (Å²) in [6, 6.07) is 34.0. The Labute approximate surface area is 243 Å². The number of aliphatic imine (C=N–C) groups is 2. The molecule has 0 bridgehead atoms. The topological polar surface area (TPSA) is 69.0 Å². The highest BCUT2D eigenvalue weighted by Gasteiger charge is 2.20. The lowest BCUT2D eigenvalue weighted by Crippen LogP contribution is -2.02. The van der Waals surface area contributed by atoms with Gasteiger partial charge in [-0.2, -0.15) is 0 Å². The quantitative estimate of drug-likeness (QED) is 0.212. The Morgan fingerprint density at radius 3 is 1.50 bits per heavy atom. The monoisotopic (exact) mass is 546 g/mol. The van der Waals surface area contributed by atoms with Gasteiger partial charge in [0.05, 0.1) is 35.6 Å². The van der Waals surface area contributed by atoms with Gasteiger partial charge in [-0.15, -0.1) is 0 Å². The smallest absolute Gasteiger partial charge is 0.217 e. The van der Waals surface area contributed by atoms with E-state index in [4.69, 9.17) is 19.4 Å². The zero-order chi connectivity index (χ0) is 27.9. The molecular formula is C36H26N4O2. The largest absolute Gasteiger partial charge is 0.475 e. The summed E-state index contributed by atoms with van der Waals surface area (Å²) in [5.74, 6) is 1.32. The molecule has 0 amide bonds. The van der Waals surface area contributed by atoms with Crippen LogP contribution in [0, 0.1) is 0 Å². The zero-order valence-corrected chi connectivity index (χ0v) is 22.8. The number of fused-ring (bicyclic) bond motifs is 2. The Morgan fingerprint density at radius 1 is 0.452 bits per heavy atom. The van der Waals surface area contributed by atoms with Crippen LogP contribution in [0.4, 0.5) is 0 Å². The van der Waals surface area contributed by atoms with E-state index in [1.54, 1.807) is 0 Å². The van der Waals surface area contributed by atoms with Crippen molar-refractivity contribution in [2.45, 2.75) is 0 Å². The van der Waals surface area contributed by atoms with E-state index in [1.165, 1.54) is 5.56 Å². The summed E-state index contributed by atoms with van der Waals surface area (Å²) >= 11 is 0. The van der Waals surface area contributed by atoms with Crippen molar-refractivity contribution in [2.75, 3.05) is 26.3 Å². The number of benzene rings is 4. The fourth-order valence-electron chi connectivity index (χ4n) is 5.90. The van der Waals surface area contributed by atoms with Crippen LogP contribution in [0.2, 0.25) is 0 Å². The van der Waals surface area contributed by atoms with Gasteiger partial charge in [0.25, 0.3) is 0 Å². The molecule has 0 N–H and O–H groups in total. The molecule has 4 aromatic carbocycles. The van der Waals surface area contributed by atoms with Crippen molar-refractivity contribution in [2.24, 2.45) is 9.98 Å². The second-order valence-electron chi connectivity index (χ2n) is 10.4. The van der Waals surface area contributed by atoms with E-state index in [0.29, 0.717) is 38.1 Å². The Morgan fingerprint density at radius 2 is 0.976 bits per heavy atom. The van der Waals surface area contributed by atoms with Gasteiger partial charge in [0, 0.05) is 23.5 Å². The number of hydrogen-bond donors (Lipinski definition) is 0. The van der Waals surface area contributed by atoms with Crippen molar-refractivity contribution in [3.05, 3.63) is 121 Å². The van der Waals surface area contributed by atoms with Crippen molar-refractivity contribution in [3.63, 3.8) is 0 Å². The van der Waals surface area contributed by atoms with Gasteiger partial charge < -0.3 is 9.47 Å². The molecule has 42 heavy (non-hydrogen) atoms. The summed E-state index contributed by atoms with van der Waals surface area (Å²) in [6.45, 7) is 2.61. The molecule has 0 atom stereocenters. The first-order valence-electron chi connectivity index (χ1n) is 14.2. The van der Waals surface area contributed by atoms with Crippen LogP contribution in [0.3, 0.4) is 0 Å². The van der Waals surface area contributed by atoms with Crippen molar-refractivity contribution in [1.29, 1.82) is 0 Å². The highest BCUT2D eigenvalue weighted by Crippen LogP contribution is 2.44. The minimum Gasteiger partial charge on any atom is -0.475 e. The molecule has 2 aliphatic rings. The molecule has 6 aromatic rings. The standard InChI is InChI=1S/C36H26N4O2/c1-2-6-23(7-3-1)24-10-13-29-30(20-24)34(32-15-12-26(22-40-32)36-38-17-19-42-36)28-9-5-4-8-27(28)33(29)31-14-11-25(21-39-31)35-37-16-18-41-35/h1-15,20-22H,16-19H2. The van der Waals surface area contributed by atoms with Crippen LogP contribution in [0.1, 0.15) is 11.1 Å². The average molecular weight is 547 g/mol. The Kier molecular flexibility index (Phi) is 5.96. The fraction of sp³-hybridized carbons (Fsp3) is 0.111. The summed E-state index contributed by atoms with van der Waals surface area (Å²) in [4.78, 5) is 18.8. The summed E-state index contributed by atoms with van der Waals surface area (Å²) in [6.07, 6.45) is 3.73. The molecule has 0 radical (unpaired) electrons. The average Bonchev–Trinajstić information content (AvgIpc) is 3.80. The van der Waals surface area contributed by atoms with Gasteiger partial charge in [-0.1, -0.05) is 66.7 Å². The summed E-state index contributed by atoms with van der Waals surface area (Å²) < 4.78 is 11.4. The second kappa shape index (κ2) is 10.2. The maximum absolute atomic E-state index is 5.68. The second-order valence-corrected chi connectivity index (χ2v) is 10.4. The van der Waals surface area contributed by atoms with Gasteiger partial charge in [0.1, 0.15) is 13.2 Å². The van der Waals surface area contributed by atoms with Crippen LogP contribution in [0.15, 0.2) is 119 Å². The third-order valence-electron chi connectivity index (χ3n) is 7.84. The minimum atomic E-state index is 0.617. The Hall–Kier alpha value is -5.36. The molecule has 2 aromatic heterocycles. The lowest BCUT2D eigenvalue weighted by Gasteiger charge is -2.18. The van der Waals surface area contributed by atoms with Crippen LogP contribution in [-0.2, 0) is 9.47 Å². The molecule has 0 saturated carbocycles. The van der Waals surface area contributed by atoms with Gasteiger partial charge in [0.2, 0.25) is 11.8 Å². The van der Waals surface area contributed by atoms with Crippen molar-refractivity contribution in [1.82, 2.24) is 9.97 Å². The van der Waals surface area contributed by atoms with E-state index in [-0.39, 0.29) is 0 Å². The van der Waals surface area contributed by atoms with Crippen LogP contribution in [-0.4, -0.2) is 48.1 Å². The molecule has 0 aliphatic carbocycles. The SMILES string of the molecule is c1ccc(-c2ccc3c(-c4ccc(C5=NCCO5)cn4)c4ccccc4c(-c4ccc(C5=NCCO5)cn4)c3c2)cc1. The van der Waals surface area contributed by atoms with Crippen molar-refractivity contribution < 1.29 is 9.47 Å². The predicted molar refractivity (Wildman–Crippen MR) is 168 cm³/mol. The Bertz CT molecular complexity index is 2020. The van der Waals surface area contributed by atoms with Crippen LogP contribution >= 0.6 is 0 Å². The molecule has 0 fully saturated rings. The molecule has 2 aliphatic heterocycles. The van der Waals surface area contributed by atoms with Gasteiger partial charge in [-0.25, -0.2) is 9.98 Å². The van der Waals surface area contributed by atoms with Gasteiger partial charge in [-0.05, 0) is 63.0 Å². The lowest BCUT2D eigenvalue weighted by atomic mass is 9.87. The fourth-order valence-corrected chi connectivity index (χ4v) is 5.90. The molecule has 8 rings (SSSR count). The number of nitrogens with zero attached hydrogens (tertiary/aromatic N) is 4. The molecule has 0 unspecified atom stereocenters. The molecule has 6 nitrogen and oxygen atoms in total. The first kappa shape index (κ1) is 24.4. The summed E-state index contributed by atoms with van der Waals surface area (Å²) in [5.41, 5.74) is 8.09. The van der Waals surface area contributed by atoms with E-state index in [2.05, 4.69) is 94.9 Å². The highest BCUT2D eigenvalue weighted by molar-refractivity contribution is 6.21. The molecule has 0 spiro atoms. The predicted octanol–water partition coefficient (Wildman–Crippen LogP) is 7.34. The molecule has 4 heterocycles. The summed E-state index contributed by atoms with van der Waals surface area (Å²) in [7, 11) is 0. The zero-order valence-electron chi connectivity index (χ0n) is 22.8. The molecular weight excluding hydrogens is 520 g/mol. The number of ether oxygens (including phenoxy) is 2. The van der Waals surface area contributed by atoms with Crippen molar-refractivity contribution in [3.8, 4) is 33.6 Å². The van der Waals surface area contributed by atoms with E-state index in [1.807, 2.05) is 24.5 Å². The minimum absolute atomic E-state index is 0.617. The highest BCUT2D eigenvalue weighted by atomic mass is 16.5. The Balaban J connectivity index is 1.38. The first-order valence-corrected chi connectivity index (χ1v) is 14.2. The van der Waals surface area contributed by atoms with Crippen LogP contribution in [0.25, 0.3) is 55.2 Å². The van der Waals surface area contributed by atoms with Crippen molar-refractivity contribution >= 4 is 33.3 Å². The number of rotatable bonds is 5. The first-order chi connectivity index (χ1) is 20.8. The van der Waals surface area contributed by atoms with E-state index >= 15 is 0 Å². The third-order valence-corrected chi connectivity index (χ3v) is 7.84. The van der Waals surface area contributed by atoms with E-state index < -0.39 is 0 Å². The van der Waals surface area contributed by atoms with E-state index in [0.717, 1.165) is 60.8 Å². The van der Waals surface area contributed by atoms with Crippen LogP contribution < -0.4 is 0 Å². The molecule has 202 valence electrons. The maximum Gasteiger partial charge on any atom is 0.217 e. The molecule has 6 heteroatoms. The number of pyridine rings is 2. The number of aromatic nitrogens is 2. The maximum atomic E-state index is 5.68. The third kappa shape index (κ3) is 4.20. The lowest BCUT2D eigenvalue weighted by molar-refractivity contribution is 0.348. The van der Waals surface area contributed by atoms with Gasteiger partial charge in [0.15, 0.2) is 0 Å². The van der Waals surface area contributed by atoms with Gasteiger partial charge in [-0.3, -0.25) is 9.97 Å². The normalized spacial score (nSPS) is 14.5. The number of hydrogen-bond acceptors (Lipinski definition) is 6. The van der Waals surface area contributed by atoms with Gasteiger partial charge >= 0.3 is 0 Å². The van der Waals surface area contributed by atoms with Crippen LogP contribution in [0.5, 0.6) is 0 Å².